The second-order valence-electron chi connectivity index (χ2n) is 3.39. The summed E-state index contributed by atoms with van der Waals surface area (Å²) in [6.07, 6.45) is -4.94. The van der Waals surface area contributed by atoms with Crippen molar-refractivity contribution in [2.75, 3.05) is 13.2 Å². The average Bonchev–Trinajstić information content (AvgIpc) is 2.16. The summed E-state index contributed by atoms with van der Waals surface area (Å²) in [6.45, 7) is -0.0648. The number of carboxylic acid groups (broad SMARTS) is 1. The molecule has 0 aliphatic carbocycles. The quantitative estimate of drug-likeness (QED) is 0.721. The van der Waals surface area contributed by atoms with Gasteiger partial charge in [0.2, 0.25) is 0 Å². The van der Waals surface area contributed by atoms with Crippen LogP contribution in [0.1, 0.15) is 6.42 Å². The van der Waals surface area contributed by atoms with Crippen LogP contribution in [0, 0.1) is 5.92 Å². The molecule has 92 valence electrons. The van der Waals surface area contributed by atoms with Gasteiger partial charge >= 0.3 is 18.1 Å². The molecule has 1 saturated heterocycles. The van der Waals surface area contributed by atoms with Crippen LogP contribution in [0.5, 0.6) is 0 Å². The van der Waals surface area contributed by atoms with Gasteiger partial charge in [0.15, 0.2) is 0 Å². The lowest BCUT2D eigenvalue weighted by Crippen LogP contribution is -2.51. The van der Waals surface area contributed by atoms with Gasteiger partial charge in [-0.25, -0.2) is 0 Å². The van der Waals surface area contributed by atoms with Crippen molar-refractivity contribution >= 4 is 11.9 Å². The number of nitrogens with one attached hydrogen (secondary N) is 1. The molecule has 0 aromatic carbocycles. The van der Waals surface area contributed by atoms with Crippen LogP contribution in [0.25, 0.3) is 0 Å². The van der Waals surface area contributed by atoms with Crippen molar-refractivity contribution in [1.82, 2.24) is 5.32 Å². The monoisotopic (exact) mass is 241 g/mol. The summed E-state index contributed by atoms with van der Waals surface area (Å²) >= 11 is 0. The number of alkyl halides is 3. The van der Waals surface area contributed by atoms with Gasteiger partial charge in [0.25, 0.3) is 0 Å². The summed E-state index contributed by atoms with van der Waals surface area (Å²) in [5.41, 5.74) is 0. The molecule has 0 saturated carbocycles. The lowest BCUT2D eigenvalue weighted by Gasteiger charge is -2.29. The third-order valence-electron chi connectivity index (χ3n) is 2.25. The van der Waals surface area contributed by atoms with E-state index in [1.54, 1.807) is 5.32 Å². The van der Waals surface area contributed by atoms with Crippen molar-refractivity contribution < 1.29 is 32.6 Å². The zero-order valence-corrected chi connectivity index (χ0v) is 8.08. The molecule has 1 rings (SSSR count). The number of hydrogen-bond acceptors (Lipinski definition) is 3. The molecular formula is C8H10F3NO4. The molecule has 1 amide bonds. The highest BCUT2D eigenvalue weighted by Gasteiger charge is 2.42. The van der Waals surface area contributed by atoms with Gasteiger partial charge in [-0.3, -0.25) is 9.59 Å². The summed E-state index contributed by atoms with van der Waals surface area (Å²) < 4.78 is 40.7. The van der Waals surface area contributed by atoms with Crippen LogP contribution < -0.4 is 5.32 Å². The first-order chi connectivity index (χ1) is 7.32. The van der Waals surface area contributed by atoms with Gasteiger partial charge in [-0.05, 0) is 6.42 Å². The van der Waals surface area contributed by atoms with E-state index < -0.39 is 30.0 Å². The highest BCUT2D eigenvalue weighted by molar-refractivity contribution is 5.83. The molecule has 0 aromatic rings. The Hall–Kier alpha value is -1.31. The molecular weight excluding hydrogens is 231 g/mol. The second-order valence-corrected chi connectivity index (χ2v) is 3.39. The number of amides is 1. The molecule has 5 nitrogen and oxygen atoms in total. The molecule has 0 aromatic heterocycles. The first-order valence-electron chi connectivity index (χ1n) is 4.50. The van der Waals surface area contributed by atoms with Crippen molar-refractivity contribution in [2.24, 2.45) is 5.92 Å². The number of halogens is 3. The van der Waals surface area contributed by atoms with E-state index in [0.717, 1.165) is 0 Å². The first kappa shape index (κ1) is 12.8. The molecule has 2 N–H and O–H groups in total. The Morgan fingerprint density at radius 3 is 2.50 bits per heavy atom. The number of ether oxygens (including phenoxy) is 1. The van der Waals surface area contributed by atoms with Crippen LogP contribution in [0.4, 0.5) is 13.2 Å². The fraction of sp³-hybridized carbons (Fsp3) is 0.750. The van der Waals surface area contributed by atoms with Gasteiger partial charge in [-0.1, -0.05) is 0 Å². The van der Waals surface area contributed by atoms with Gasteiger partial charge in [0.1, 0.15) is 5.92 Å². The zero-order valence-electron chi connectivity index (χ0n) is 8.08. The minimum absolute atomic E-state index is 0.0544. The molecule has 1 heterocycles. The van der Waals surface area contributed by atoms with E-state index in [4.69, 9.17) is 9.84 Å². The van der Waals surface area contributed by atoms with E-state index in [1.165, 1.54) is 0 Å². The molecule has 1 fully saturated rings. The first-order valence-corrected chi connectivity index (χ1v) is 4.50. The van der Waals surface area contributed by atoms with Crippen LogP contribution in [0.15, 0.2) is 0 Å². The van der Waals surface area contributed by atoms with E-state index in [0.29, 0.717) is 0 Å². The van der Waals surface area contributed by atoms with Crippen LogP contribution in [-0.4, -0.2) is 42.4 Å². The molecule has 2 atom stereocenters. The van der Waals surface area contributed by atoms with Crippen LogP contribution in [0.2, 0.25) is 0 Å². The molecule has 0 radical (unpaired) electrons. The predicted molar refractivity (Wildman–Crippen MR) is 44.5 cm³/mol. The summed E-state index contributed by atoms with van der Waals surface area (Å²) in [4.78, 5) is 21.3. The van der Waals surface area contributed by atoms with E-state index >= 15 is 0 Å². The molecule has 16 heavy (non-hydrogen) atoms. The van der Waals surface area contributed by atoms with Crippen LogP contribution in [0.3, 0.4) is 0 Å². The van der Waals surface area contributed by atoms with Gasteiger partial charge < -0.3 is 15.2 Å². The van der Waals surface area contributed by atoms with Crippen molar-refractivity contribution in [3.05, 3.63) is 0 Å². The SMILES string of the molecule is O=C(O)C1COCCC1NC(=O)C(F)(F)F. The number of aliphatic carboxylic acids is 1. The van der Waals surface area contributed by atoms with Crippen molar-refractivity contribution in [2.45, 2.75) is 18.6 Å². The Morgan fingerprint density at radius 1 is 1.38 bits per heavy atom. The highest BCUT2D eigenvalue weighted by atomic mass is 19.4. The smallest absolute Gasteiger partial charge is 0.471 e. The Balaban J connectivity index is 2.63. The maximum Gasteiger partial charge on any atom is 0.471 e. The van der Waals surface area contributed by atoms with E-state index in [-0.39, 0.29) is 19.6 Å². The summed E-state index contributed by atoms with van der Waals surface area (Å²) in [6, 6.07) is -1.04. The van der Waals surface area contributed by atoms with Crippen LogP contribution >= 0.6 is 0 Å². The lowest BCUT2D eigenvalue weighted by molar-refractivity contribution is -0.176. The highest BCUT2D eigenvalue weighted by Crippen LogP contribution is 2.19. The number of rotatable bonds is 2. The van der Waals surface area contributed by atoms with Gasteiger partial charge in [0.05, 0.1) is 6.61 Å². The normalized spacial score (nSPS) is 26.2. The zero-order chi connectivity index (χ0) is 12.3. The van der Waals surface area contributed by atoms with Gasteiger partial charge in [-0.15, -0.1) is 0 Å². The Kier molecular flexibility index (Phi) is 3.74. The number of hydrogen-bond donors (Lipinski definition) is 2. The van der Waals surface area contributed by atoms with Gasteiger partial charge in [-0.2, -0.15) is 13.2 Å². The number of carboxylic acids is 1. The maximum atomic E-state index is 11.9. The fourth-order valence-corrected chi connectivity index (χ4v) is 1.40. The minimum Gasteiger partial charge on any atom is -0.481 e. The molecule has 0 spiro atoms. The number of carbonyl (C=O) groups excluding carboxylic acids is 1. The molecule has 1 aliphatic heterocycles. The van der Waals surface area contributed by atoms with Crippen molar-refractivity contribution in [3.8, 4) is 0 Å². The van der Waals surface area contributed by atoms with Crippen molar-refractivity contribution in [1.29, 1.82) is 0 Å². The largest absolute Gasteiger partial charge is 0.481 e. The summed E-state index contributed by atoms with van der Waals surface area (Å²) in [5.74, 6) is -4.54. The third-order valence-corrected chi connectivity index (χ3v) is 2.25. The third kappa shape index (κ3) is 3.09. The average molecular weight is 241 g/mol. The lowest BCUT2D eigenvalue weighted by atomic mass is 9.96. The standard InChI is InChI=1S/C8H10F3NO4/c9-8(10,11)7(15)12-5-1-2-16-3-4(5)6(13)14/h4-5H,1-3H2,(H,12,15)(H,13,14). The van der Waals surface area contributed by atoms with Crippen molar-refractivity contribution in [3.63, 3.8) is 0 Å². The fourth-order valence-electron chi connectivity index (χ4n) is 1.40. The van der Waals surface area contributed by atoms with E-state index in [2.05, 4.69) is 0 Å². The Morgan fingerprint density at radius 2 is 2.00 bits per heavy atom. The van der Waals surface area contributed by atoms with E-state index in [1.807, 2.05) is 0 Å². The minimum atomic E-state index is -5.00. The van der Waals surface area contributed by atoms with E-state index in [9.17, 15) is 22.8 Å². The number of carbonyl (C=O) groups is 2. The topological polar surface area (TPSA) is 75.6 Å². The Labute approximate surface area is 88.6 Å². The summed E-state index contributed by atoms with van der Waals surface area (Å²) in [5, 5.41) is 10.4. The molecule has 8 heteroatoms. The van der Waals surface area contributed by atoms with Gasteiger partial charge in [0, 0.05) is 12.6 Å². The predicted octanol–water partition coefficient (Wildman–Crippen LogP) is 0.155. The Bertz CT molecular complexity index is 291. The molecule has 1 aliphatic rings. The summed E-state index contributed by atoms with van der Waals surface area (Å²) in [7, 11) is 0. The van der Waals surface area contributed by atoms with Crippen LogP contribution in [-0.2, 0) is 14.3 Å². The second kappa shape index (κ2) is 4.69. The molecule has 2 unspecified atom stereocenters. The molecule has 0 bridgehead atoms. The maximum absolute atomic E-state index is 11.9.